The van der Waals surface area contributed by atoms with Gasteiger partial charge in [-0.05, 0) is 48.2 Å². The summed E-state index contributed by atoms with van der Waals surface area (Å²) in [5.41, 5.74) is 3.85. The lowest BCUT2D eigenvalue weighted by Gasteiger charge is -2.35. The summed E-state index contributed by atoms with van der Waals surface area (Å²) in [7, 11) is 0. The molecule has 1 fully saturated rings. The van der Waals surface area contributed by atoms with Gasteiger partial charge in [0.15, 0.2) is 0 Å². The van der Waals surface area contributed by atoms with Gasteiger partial charge in [-0.3, -0.25) is 4.90 Å². The summed E-state index contributed by atoms with van der Waals surface area (Å²) in [6.07, 6.45) is 2.38. The molecule has 0 aromatic heterocycles. The van der Waals surface area contributed by atoms with Crippen molar-refractivity contribution < 1.29 is 4.74 Å². The highest BCUT2D eigenvalue weighted by molar-refractivity contribution is 9.10. The Kier molecular flexibility index (Phi) is 8.92. The first-order valence-electron chi connectivity index (χ1n) is 11.7. The van der Waals surface area contributed by atoms with E-state index in [0.29, 0.717) is 0 Å². The molecule has 0 saturated carbocycles. The monoisotopic (exact) mass is 492 g/mol. The number of halogens is 1. The molecule has 0 aliphatic carbocycles. The molecule has 1 heterocycles. The minimum atomic E-state index is -0.0245. The predicted molar refractivity (Wildman–Crippen MR) is 136 cm³/mol. The molecule has 168 valence electrons. The molecule has 3 aromatic carbocycles. The molecule has 1 aliphatic heterocycles. The minimum Gasteiger partial charge on any atom is -0.367 e. The molecule has 0 bridgehead atoms. The van der Waals surface area contributed by atoms with Crippen LogP contribution in [0.1, 0.15) is 29.2 Å². The van der Waals surface area contributed by atoms with Crippen molar-refractivity contribution >= 4 is 15.9 Å². The molecule has 3 nitrogen and oxygen atoms in total. The number of hydrogen-bond acceptors (Lipinski definition) is 3. The van der Waals surface area contributed by atoms with E-state index in [1.165, 1.54) is 36.1 Å². The Hall–Kier alpha value is -1.98. The quantitative estimate of drug-likeness (QED) is 0.355. The van der Waals surface area contributed by atoms with Gasteiger partial charge < -0.3 is 9.64 Å². The summed E-state index contributed by atoms with van der Waals surface area (Å²) >= 11 is 3.54. The lowest BCUT2D eigenvalue weighted by molar-refractivity contribution is 0.0451. The third kappa shape index (κ3) is 7.01. The van der Waals surface area contributed by atoms with Crippen LogP contribution in [0, 0.1) is 0 Å². The minimum absolute atomic E-state index is 0.0245. The highest BCUT2D eigenvalue weighted by atomic mass is 79.9. The van der Waals surface area contributed by atoms with Gasteiger partial charge in [-0.2, -0.15) is 0 Å². The van der Waals surface area contributed by atoms with Gasteiger partial charge in [0.05, 0.1) is 6.61 Å². The van der Waals surface area contributed by atoms with E-state index in [1.807, 2.05) is 0 Å². The second kappa shape index (κ2) is 12.3. The number of piperazine rings is 1. The van der Waals surface area contributed by atoms with Crippen molar-refractivity contribution in [1.29, 1.82) is 0 Å². The number of ether oxygens (including phenoxy) is 1. The zero-order valence-electron chi connectivity index (χ0n) is 18.7. The van der Waals surface area contributed by atoms with Gasteiger partial charge in [-0.1, -0.05) is 88.7 Å². The summed E-state index contributed by atoms with van der Waals surface area (Å²) in [4.78, 5) is 5.15. The topological polar surface area (TPSA) is 15.7 Å². The Morgan fingerprint density at radius 1 is 0.688 bits per heavy atom. The van der Waals surface area contributed by atoms with Crippen molar-refractivity contribution in [3.63, 3.8) is 0 Å². The maximum atomic E-state index is 6.43. The Balaban J connectivity index is 1.21. The van der Waals surface area contributed by atoms with Crippen LogP contribution < -0.4 is 0 Å². The fraction of sp³-hybridized carbons (Fsp3) is 0.357. The smallest absolute Gasteiger partial charge is 0.108 e. The van der Waals surface area contributed by atoms with Gasteiger partial charge in [0.2, 0.25) is 0 Å². The number of hydrogen-bond donors (Lipinski definition) is 0. The average Bonchev–Trinajstić information content (AvgIpc) is 2.85. The van der Waals surface area contributed by atoms with Crippen LogP contribution in [0.15, 0.2) is 89.4 Å². The van der Waals surface area contributed by atoms with Crippen molar-refractivity contribution in [1.82, 2.24) is 9.80 Å². The Labute approximate surface area is 201 Å². The first-order valence-corrected chi connectivity index (χ1v) is 12.5. The van der Waals surface area contributed by atoms with E-state index >= 15 is 0 Å². The first kappa shape index (κ1) is 23.2. The fourth-order valence-corrected chi connectivity index (χ4v) is 4.60. The Morgan fingerprint density at radius 3 is 1.91 bits per heavy atom. The molecule has 1 unspecified atom stereocenters. The molecule has 4 rings (SSSR count). The van der Waals surface area contributed by atoms with Gasteiger partial charge in [0.1, 0.15) is 6.10 Å². The lowest BCUT2D eigenvalue weighted by atomic mass is 10.0. The van der Waals surface area contributed by atoms with Gasteiger partial charge in [-0.15, -0.1) is 0 Å². The van der Waals surface area contributed by atoms with Gasteiger partial charge in [0, 0.05) is 37.2 Å². The van der Waals surface area contributed by atoms with Crippen molar-refractivity contribution in [2.75, 3.05) is 45.9 Å². The highest BCUT2D eigenvalue weighted by Crippen LogP contribution is 2.27. The van der Waals surface area contributed by atoms with Crippen LogP contribution in [-0.2, 0) is 11.2 Å². The van der Waals surface area contributed by atoms with Gasteiger partial charge in [0.25, 0.3) is 0 Å². The van der Waals surface area contributed by atoms with Gasteiger partial charge in [-0.25, -0.2) is 0 Å². The molecule has 1 saturated heterocycles. The molecule has 4 heteroatoms. The molecule has 32 heavy (non-hydrogen) atoms. The van der Waals surface area contributed by atoms with Crippen LogP contribution in [0.5, 0.6) is 0 Å². The van der Waals surface area contributed by atoms with Crippen molar-refractivity contribution in [2.45, 2.75) is 18.9 Å². The standard InChI is InChI=1S/C28H33BrN2O/c29-27-15-13-26(14-16-27)28(25-11-5-2-6-12-25)32-23-22-31-20-18-30(19-21-31)17-7-10-24-8-3-1-4-9-24/h1-6,8-9,11-16,28H,7,10,17-23H2. The number of aryl methyl sites for hydroxylation is 1. The summed E-state index contributed by atoms with van der Waals surface area (Å²) in [6.45, 7) is 7.49. The summed E-state index contributed by atoms with van der Waals surface area (Å²) in [5.74, 6) is 0. The van der Waals surface area contributed by atoms with E-state index in [4.69, 9.17) is 4.74 Å². The van der Waals surface area contributed by atoms with E-state index in [2.05, 4.69) is 111 Å². The highest BCUT2D eigenvalue weighted by Gasteiger charge is 2.18. The molecular formula is C28H33BrN2O. The lowest BCUT2D eigenvalue weighted by Crippen LogP contribution is -2.47. The second-order valence-electron chi connectivity index (χ2n) is 8.49. The fourth-order valence-electron chi connectivity index (χ4n) is 4.34. The molecule has 0 amide bonds. The summed E-state index contributed by atoms with van der Waals surface area (Å²) in [6, 6.07) is 29.8. The largest absolute Gasteiger partial charge is 0.367 e. The van der Waals surface area contributed by atoms with E-state index in [-0.39, 0.29) is 6.10 Å². The van der Waals surface area contributed by atoms with Crippen molar-refractivity contribution in [2.24, 2.45) is 0 Å². The predicted octanol–water partition coefficient (Wildman–Crippen LogP) is 5.81. The van der Waals surface area contributed by atoms with Crippen LogP contribution in [0.2, 0.25) is 0 Å². The number of rotatable bonds is 10. The SMILES string of the molecule is Brc1ccc(C(OCCN2CCN(CCCc3ccccc3)CC2)c2ccccc2)cc1. The summed E-state index contributed by atoms with van der Waals surface area (Å²) < 4.78 is 7.52. The maximum absolute atomic E-state index is 6.43. The van der Waals surface area contributed by atoms with Crippen LogP contribution in [-0.4, -0.2) is 55.7 Å². The third-order valence-corrected chi connectivity index (χ3v) is 6.74. The summed E-state index contributed by atoms with van der Waals surface area (Å²) in [5, 5.41) is 0. The van der Waals surface area contributed by atoms with E-state index in [9.17, 15) is 0 Å². The number of nitrogens with zero attached hydrogens (tertiary/aromatic N) is 2. The zero-order chi connectivity index (χ0) is 22.0. The molecule has 1 aliphatic rings. The molecule has 3 aromatic rings. The maximum Gasteiger partial charge on any atom is 0.108 e. The van der Waals surface area contributed by atoms with Gasteiger partial charge >= 0.3 is 0 Å². The van der Waals surface area contributed by atoms with Crippen molar-refractivity contribution in [3.8, 4) is 0 Å². The molecule has 0 N–H and O–H groups in total. The third-order valence-electron chi connectivity index (χ3n) is 6.21. The number of benzene rings is 3. The zero-order valence-corrected chi connectivity index (χ0v) is 20.3. The Morgan fingerprint density at radius 2 is 1.25 bits per heavy atom. The van der Waals surface area contributed by atoms with Crippen LogP contribution in [0.25, 0.3) is 0 Å². The average molecular weight is 493 g/mol. The van der Waals surface area contributed by atoms with Crippen LogP contribution >= 0.6 is 15.9 Å². The second-order valence-corrected chi connectivity index (χ2v) is 9.40. The van der Waals surface area contributed by atoms with E-state index < -0.39 is 0 Å². The molecular weight excluding hydrogens is 460 g/mol. The molecule has 0 radical (unpaired) electrons. The van der Waals surface area contributed by atoms with Crippen LogP contribution in [0.4, 0.5) is 0 Å². The molecule has 0 spiro atoms. The van der Waals surface area contributed by atoms with E-state index in [1.54, 1.807) is 0 Å². The van der Waals surface area contributed by atoms with Crippen LogP contribution in [0.3, 0.4) is 0 Å². The van der Waals surface area contributed by atoms with Crippen molar-refractivity contribution in [3.05, 3.63) is 106 Å². The first-order chi connectivity index (χ1) is 15.8. The van der Waals surface area contributed by atoms with E-state index in [0.717, 1.165) is 43.8 Å². The normalized spacial score (nSPS) is 16.2. The Bertz CT molecular complexity index is 909. The molecule has 1 atom stereocenters.